The molecule has 0 fully saturated rings. The van der Waals surface area contributed by atoms with E-state index in [0.29, 0.717) is 9.47 Å². The Kier molecular flexibility index (Phi) is 6.62. The van der Waals surface area contributed by atoms with Gasteiger partial charge in [0.25, 0.3) is 0 Å². The Hall–Kier alpha value is -2.91. The molecule has 0 aliphatic heterocycles. The molecule has 0 aliphatic rings. The maximum atomic E-state index is 11.8. The number of ketones is 1. The first-order valence-corrected chi connectivity index (χ1v) is 10.1. The molecule has 0 radical (unpaired) electrons. The van der Waals surface area contributed by atoms with E-state index in [-0.39, 0.29) is 11.7 Å². The molecule has 144 valence electrons. The fourth-order valence-corrected chi connectivity index (χ4v) is 4.11. The molecule has 1 heterocycles. The van der Waals surface area contributed by atoms with Crippen molar-refractivity contribution >= 4 is 45.6 Å². The van der Waals surface area contributed by atoms with Gasteiger partial charge in [-0.2, -0.15) is 0 Å². The molecule has 2 N–H and O–H groups in total. The largest absolute Gasteiger partial charge is 0.457 e. The Morgan fingerprint density at radius 1 is 1.04 bits per heavy atom. The molecule has 7 nitrogen and oxygen atoms in total. The molecule has 0 spiro atoms. The van der Waals surface area contributed by atoms with Crippen LogP contribution in [0.25, 0.3) is 0 Å². The zero-order valence-corrected chi connectivity index (χ0v) is 16.8. The summed E-state index contributed by atoms with van der Waals surface area (Å²) in [6, 6.07) is 17.0. The molecule has 0 aliphatic carbocycles. The fraction of sp³-hybridized carbons (Fsp3) is 0.158. The number of ether oxygens (including phenoxy) is 1. The van der Waals surface area contributed by atoms with E-state index in [2.05, 4.69) is 20.8 Å². The van der Waals surface area contributed by atoms with Gasteiger partial charge < -0.3 is 15.4 Å². The molecule has 0 bridgehead atoms. The molecule has 1 amide bonds. The maximum Gasteiger partial charge on any atom is 0.240 e. The van der Waals surface area contributed by atoms with Gasteiger partial charge in [0.2, 0.25) is 11.0 Å². The van der Waals surface area contributed by atoms with Crippen LogP contribution in [0.4, 0.5) is 10.8 Å². The van der Waals surface area contributed by atoms with Crippen LogP contribution in [0.1, 0.15) is 6.92 Å². The van der Waals surface area contributed by atoms with Crippen LogP contribution in [0.3, 0.4) is 0 Å². The third-order valence-electron chi connectivity index (χ3n) is 3.56. The van der Waals surface area contributed by atoms with E-state index in [9.17, 15) is 9.59 Å². The molecule has 0 saturated carbocycles. The van der Waals surface area contributed by atoms with Gasteiger partial charge in [0.05, 0.1) is 0 Å². The number of hydrogen-bond donors (Lipinski definition) is 2. The van der Waals surface area contributed by atoms with Crippen LogP contribution in [-0.2, 0) is 9.59 Å². The summed E-state index contributed by atoms with van der Waals surface area (Å²) < 4.78 is 6.30. The van der Waals surface area contributed by atoms with Crippen molar-refractivity contribution in [3.63, 3.8) is 0 Å². The second-order valence-corrected chi connectivity index (χ2v) is 7.99. The zero-order chi connectivity index (χ0) is 19.9. The molecular weight excluding hydrogens is 396 g/mol. The summed E-state index contributed by atoms with van der Waals surface area (Å²) in [5.41, 5.74) is 0.822. The quantitative estimate of drug-likeness (QED) is 0.427. The first-order valence-electron chi connectivity index (χ1n) is 8.37. The predicted octanol–water partition coefficient (Wildman–Crippen LogP) is 3.87. The summed E-state index contributed by atoms with van der Waals surface area (Å²) in [6.45, 7) is 1.38. The van der Waals surface area contributed by atoms with E-state index in [1.807, 2.05) is 54.6 Å². The van der Waals surface area contributed by atoms with Crippen molar-refractivity contribution in [3.05, 3.63) is 54.6 Å². The van der Waals surface area contributed by atoms with E-state index in [4.69, 9.17) is 4.74 Å². The summed E-state index contributed by atoms with van der Waals surface area (Å²) >= 11 is 2.36. The number of hydrogen-bond acceptors (Lipinski definition) is 8. The summed E-state index contributed by atoms with van der Waals surface area (Å²) in [5.74, 6) is 0.907. The smallest absolute Gasteiger partial charge is 0.240 e. The summed E-state index contributed by atoms with van der Waals surface area (Å²) in [5, 5.41) is 13.5. The van der Waals surface area contributed by atoms with Gasteiger partial charge in [-0.3, -0.25) is 9.59 Å². The lowest BCUT2D eigenvalue weighted by molar-refractivity contribution is -0.126. The van der Waals surface area contributed by atoms with Gasteiger partial charge >= 0.3 is 0 Å². The molecule has 3 aromatic rings. The monoisotopic (exact) mass is 414 g/mol. The number of benzene rings is 2. The Balaban J connectivity index is 1.61. The van der Waals surface area contributed by atoms with Crippen molar-refractivity contribution in [2.45, 2.75) is 16.5 Å². The van der Waals surface area contributed by atoms with Crippen molar-refractivity contribution in [2.75, 3.05) is 12.4 Å². The van der Waals surface area contributed by atoms with Crippen LogP contribution in [0.2, 0.25) is 0 Å². The highest BCUT2D eigenvalue weighted by Crippen LogP contribution is 2.31. The molecule has 3 rings (SSSR count). The van der Waals surface area contributed by atoms with Crippen LogP contribution in [0.5, 0.6) is 11.5 Å². The maximum absolute atomic E-state index is 11.8. The second kappa shape index (κ2) is 9.34. The lowest BCUT2D eigenvalue weighted by Gasteiger charge is -2.08. The van der Waals surface area contributed by atoms with Gasteiger partial charge in [0.1, 0.15) is 16.7 Å². The molecule has 1 aromatic heterocycles. The lowest BCUT2D eigenvalue weighted by Crippen LogP contribution is -2.34. The van der Waals surface area contributed by atoms with E-state index in [0.717, 1.165) is 28.9 Å². The summed E-state index contributed by atoms with van der Waals surface area (Å²) in [6.07, 6.45) is 0. The first-order chi connectivity index (χ1) is 13.5. The van der Waals surface area contributed by atoms with Gasteiger partial charge in [-0.05, 0) is 43.3 Å². The average molecular weight is 415 g/mol. The van der Waals surface area contributed by atoms with Crippen molar-refractivity contribution in [1.29, 1.82) is 0 Å². The number of amides is 1. The van der Waals surface area contributed by atoms with E-state index < -0.39 is 5.25 Å². The topological polar surface area (TPSA) is 93.2 Å². The number of Topliss-reactive ketones (excluding diaryl/α,β-unsaturated/α-hetero) is 1. The number of para-hydroxylation sites is 1. The molecular formula is C19H18N4O3S2. The van der Waals surface area contributed by atoms with Crippen molar-refractivity contribution in [1.82, 2.24) is 15.5 Å². The van der Waals surface area contributed by atoms with Crippen LogP contribution in [0.15, 0.2) is 58.9 Å². The number of anilines is 2. The van der Waals surface area contributed by atoms with Crippen molar-refractivity contribution in [2.24, 2.45) is 0 Å². The van der Waals surface area contributed by atoms with Gasteiger partial charge in [-0.15, -0.1) is 10.2 Å². The molecule has 28 heavy (non-hydrogen) atoms. The normalized spacial score (nSPS) is 11.5. The highest BCUT2D eigenvalue weighted by molar-refractivity contribution is 8.03. The van der Waals surface area contributed by atoms with Crippen LogP contribution < -0.4 is 15.4 Å². The van der Waals surface area contributed by atoms with Crippen LogP contribution >= 0.6 is 23.1 Å². The second-order valence-electron chi connectivity index (χ2n) is 5.66. The van der Waals surface area contributed by atoms with Gasteiger partial charge in [-0.1, -0.05) is 41.3 Å². The summed E-state index contributed by atoms with van der Waals surface area (Å²) in [7, 11) is 1.50. The Labute approximate surface area is 170 Å². The Morgan fingerprint density at radius 2 is 1.71 bits per heavy atom. The number of nitrogens with zero attached hydrogens (tertiary/aromatic N) is 2. The molecule has 0 saturated heterocycles. The van der Waals surface area contributed by atoms with Gasteiger partial charge in [-0.25, -0.2) is 0 Å². The van der Waals surface area contributed by atoms with Crippen LogP contribution in [-0.4, -0.2) is 34.2 Å². The van der Waals surface area contributed by atoms with Crippen molar-refractivity contribution in [3.8, 4) is 11.5 Å². The van der Waals surface area contributed by atoms with Crippen LogP contribution in [0, 0.1) is 0 Å². The standard InChI is InChI=1S/C19H18N4O3S2/c1-12(24)16(17(25)20-2)27-19-23-22-18(28-19)21-13-8-10-15(11-9-13)26-14-6-4-3-5-7-14/h3-11,16H,1-2H3,(H,20,25)(H,21,22)/t16-/m0/s1. The SMILES string of the molecule is CNC(=O)[C@@H](Sc1nnc(Nc2ccc(Oc3ccccc3)cc2)s1)C(C)=O. The molecule has 0 unspecified atom stereocenters. The number of carbonyl (C=O) groups excluding carboxylic acids is 2. The fourth-order valence-electron chi connectivity index (χ4n) is 2.22. The Bertz CT molecular complexity index is 945. The third-order valence-corrected chi connectivity index (χ3v) is 5.80. The number of rotatable bonds is 8. The highest BCUT2D eigenvalue weighted by Gasteiger charge is 2.25. The number of thioether (sulfide) groups is 1. The minimum absolute atomic E-state index is 0.233. The first kappa shape index (κ1) is 19.8. The predicted molar refractivity (Wildman–Crippen MR) is 111 cm³/mol. The van der Waals surface area contributed by atoms with Gasteiger partial charge in [0.15, 0.2) is 10.1 Å². The third kappa shape index (κ3) is 5.30. The minimum Gasteiger partial charge on any atom is -0.457 e. The molecule has 2 aromatic carbocycles. The van der Waals surface area contributed by atoms with Crippen molar-refractivity contribution < 1.29 is 14.3 Å². The minimum atomic E-state index is -0.833. The van der Waals surface area contributed by atoms with E-state index in [1.165, 1.54) is 25.3 Å². The molecule has 1 atom stereocenters. The van der Waals surface area contributed by atoms with E-state index in [1.54, 1.807) is 0 Å². The number of aromatic nitrogens is 2. The van der Waals surface area contributed by atoms with E-state index >= 15 is 0 Å². The summed E-state index contributed by atoms with van der Waals surface area (Å²) in [4.78, 5) is 23.5. The highest BCUT2D eigenvalue weighted by atomic mass is 32.2. The number of nitrogens with one attached hydrogen (secondary N) is 2. The molecule has 9 heteroatoms. The zero-order valence-electron chi connectivity index (χ0n) is 15.2. The Morgan fingerprint density at radius 3 is 2.36 bits per heavy atom. The van der Waals surface area contributed by atoms with Gasteiger partial charge in [0, 0.05) is 12.7 Å². The lowest BCUT2D eigenvalue weighted by atomic mass is 10.3. The number of carbonyl (C=O) groups is 2. The average Bonchev–Trinajstić information content (AvgIpc) is 3.14.